The normalized spacial score (nSPS) is 10.7. The van der Waals surface area contributed by atoms with Crippen molar-refractivity contribution in [2.45, 2.75) is 6.92 Å². The number of benzene rings is 1. The highest BCUT2D eigenvalue weighted by atomic mass is 16.1. The summed E-state index contributed by atoms with van der Waals surface area (Å²) in [5.74, 6) is -0.477. The quantitative estimate of drug-likeness (QED) is 0.772. The second kappa shape index (κ2) is 4.74. The molecule has 0 radical (unpaired) electrons. The monoisotopic (exact) mass is 263 g/mol. The fourth-order valence-corrected chi connectivity index (χ4v) is 2.36. The lowest BCUT2D eigenvalue weighted by molar-refractivity contribution is 0.1000. The third-order valence-electron chi connectivity index (χ3n) is 3.30. The van der Waals surface area contributed by atoms with E-state index in [0.717, 1.165) is 27.6 Å². The van der Waals surface area contributed by atoms with Crippen LogP contribution in [0, 0.1) is 6.92 Å². The number of amides is 1. The summed E-state index contributed by atoms with van der Waals surface area (Å²) in [6.45, 7) is 2.03. The van der Waals surface area contributed by atoms with Gasteiger partial charge in [0.2, 0.25) is 5.91 Å². The highest BCUT2D eigenvalue weighted by molar-refractivity contribution is 5.98. The molecule has 1 amide bonds. The Morgan fingerprint density at radius 2 is 2.05 bits per heavy atom. The van der Waals surface area contributed by atoms with Gasteiger partial charge in [0.15, 0.2) is 0 Å². The lowest BCUT2D eigenvalue weighted by Gasteiger charge is -2.10. The van der Waals surface area contributed by atoms with Crippen molar-refractivity contribution in [3.8, 4) is 11.1 Å². The van der Waals surface area contributed by atoms with Gasteiger partial charge in [0.05, 0.1) is 11.1 Å². The van der Waals surface area contributed by atoms with Crippen molar-refractivity contribution >= 4 is 16.8 Å². The van der Waals surface area contributed by atoms with Crippen molar-refractivity contribution in [2.75, 3.05) is 0 Å². The number of carbonyl (C=O) groups excluding carboxylic acids is 1. The molecule has 20 heavy (non-hydrogen) atoms. The molecule has 4 heteroatoms. The number of nitrogens with two attached hydrogens (primary N) is 1. The summed E-state index contributed by atoms with van der Waals surface area (Å²) in [6.07, 6.45) is 4.98. The van der Waals surface area contributed by atoms with Gasteiger partial charge in [-0.2, -0.15) is 0 Å². The van der Waals surface area contributed by atoms with Crippen molar-refractivity contribution in [1.29, 1.82) is 0 Å². The minimum atomic E-state index is -0.477. The number of fused-ring (bicyclic) bond motifs is 1. The van der Waals surface area contributed by atoms with E-state index in [0.29, 0.717) is 5.56 Å². The zero-order valence-corrected chi connectivity index (χ0v) is 11.0. The van der Waals surface area contributed by atoms with Crippen LogP contribution in [0.15, 0.2) is 48.9 Å². The largest absolute Gasteiger partial charge is 0.366 e. The second-order valence-electron chi connectivity index (χ2n) is 4.65. The molecule has 0 aliphatic carbocycles. The Bertz CT molecular complexity index is 812. The highest BCUT2D eigenvalue weighted by Gasteiger charge is 2.10. The highest BCUT2D eigenvalue weighted by Crippen LogP contribution is 2.30. The average Bonchev–Trinajstić information content (AvgIpc) is 2.47. The average molecular weight is 263 g/mol. The molecule has 3 aromatic rings. The van der Waals surface area contributed by atoms with E-state index in [1.165, 1.54) is 6.20 Å². The molecule has 98 valence electrons. The van der Waals surface area contributed by atoms with E-state index < -0.39 is 5.91 Å². The number of hydrogen-bond acceptors (Lipinski definition) is 3. The standard InChI is InChI=1S/C16H13N3O/c1-10-4-5-14-13(3-2-6-19-14)15(10)11-7-12(16(17)20)9-18-8-11/h2-9H,1H3,(H2,17,20). The Kier molecular flexibility index (Phi) is 2.91. The molecule has 1 aromatic carbocycles. The zero-order chi connectivity index (χ0) is 14.1. The number of aromatic nitrogens is 2. The van der Waals surface area contributed by atoms with E-state index in [1.54, 1.807) is 18.5 Å². The van der Waals surface area contributed by atoms with Gasteiger partial charge in [-0.25, -0.2) is 0 Å². The van der Waals surface area contributed by atoms with E-state index >= 15 is 0 Å². The van der Waals surface area contributed by atoms with Crippen LogP contribution in [0.25, 0.3) is 22.0 Å². The van der Waals surface area contributed by atoms with Gasteiger partial charge in [0, 0.05) is 29.5 Å². The molecular formula is C16H13N3O. The third kappa shape index (κ3) is 2.01. The van der Waals surface area contributed by atoms with Crippen molar-refractivity contribution in [2.24, 2.45) is 5.73 Å². The Morgan fingerprint density at radius 1 is 1.20 bits per heavy atom. The summed E-state index contributed by atoms with van der Waals surface area (Å²) >= 11 is 0. The molecule has 0 aliphatic rings. The number of pyridine rings is 2. The summed E-state index contributed by atoms with van der Waals surface area (Å²) in [4.78, 5) is 19.8. The van der Waals surface area contributed by atoms with Crippen LogP contribution in [0.4, 0.5) is 0 Å². The Balaban J connectivity index is 2.31. The van der Waals surface area contributed by atoms with Crippen molar-refractivity contribution in [1.82, 2.24) is 9.97 Å². The van der Waals surface area contributed by atoms with Crippen LogP contribution in [-0.4, -0.2) is 15.9 Å². The molecular weight excluding hydrogens is 250 g/mol. The Hall–Kier alpha value is -2.75. The lowest BCUT2D eigenvalue weighted by atomic mass is 9.96. The number of hydrogen-bond donors (Lipinski definition) is 1. The molecule has 0 bridgehead atoms. The van der Waals surface area contributed by atoms with Gasteiger partial charge < -0.3 is 5.73 Å². The number of primary amides is 1. The van der Waals surface area contributed by atoms with Gasteiger partial charge in [-0.05, 0) is 36.2 Å². The molecule has 2 heterocycles. The summed E-state index contributed by atoms with van der Waals surface area (Å²) in [6, 6.07) is 9.68. The maximum absolute atomic E-state index is 11.3. The van der Waals surface area contributed by atoms with Crippen molar-refractivity contribution in [3.05, 3.63) is 60.0 Å². The zero-order valence-electron chi connectivity index (χ0n) is 11.0. The van der Waals surface area contributed by atoms with Crippen LogP contribution < -0.4 is 5.73 Å². The first-order valence-electron chi connectivity index (χ1n) is 6.26. The predicted octanol–water partition coefficient (Wildman–Crippen LogP) is 2.70. The van der Waals surface area contributed by atoms with E-state index in [-0.39, 0.29) is 0 Å². The first kappa shape index (κ1) is 12.3. The summed E-state index contributed by atoms with van der Waals surface area (Å²) in [7, 11) is 0. The molecule has 0 saturated heterocycles. The lowest BCUT2D eigenvalue weighted by Crippen LogP contribution is -2.11. The fourth-order valence-electron chi connectivity index (χ4n) is 2.36. The number of rotatable bonds is 2. The maximum atomic E-state index is 11.3. The van der Waals surface area contributed by atoms with Crippen LogP contribution in [-0.2, 0) is 0 Å². The molecule has 3 rings (SSSR count). The van der Waals surface area contributed by atoms with E-state index in [2.05, 4.69) is 9.97 Å². The second-order valence-corrected chi connectivity index (χ2v) is 4.65. The van der Waals surface area contributed by atoms with Gasteiger partial charge in [0.1, 0.15) is 0 Å². The first-order chi connectivity index (χ1) is 9.66. The van der Waals surface area contributed by atoms with E-state index in [1.807, 2.05) is 31.2 Å². The van der Waals surface area contributed by atoms with Crippen LogP contribution in [0.2, 0.25) is 0 Å². The molecule has 2 N–H and O–H groups in total. The summed E-state index contributed by atoms with van der Waals surface area (Å²) in [5.41, 5.74) is 9.65. The van der Waals surface area contributed by atoms with Gasteiger partial charge in [0.25, 0.3) is 0 Å². The number of nitrogens with zero attached hydrogens (tertiary/aromatic N) is 2. The molecule has 0 fully saturated rings. The number of aryl methyl sites for hydroxylation is 1. The third-order valence-corrected chi connectivity index (χ3v) is 3.30. The van der Waals surface area contributed by atoms with Crippen LogP contribution >= 0.6 is 0 Å². The molecule has 2 aromatic heterocycles. The molecule has 0 atom stereocenters. The SMILES string of the molecule is Cc1ccc2ncccc2c1-c1cncc(C(N)=O)c1. The molecule has 0 unspecified atom stereocenters. The fraction of sp³-hybridized carbons (Fsp3) is 0.0625. The minimum absolute atomic E-state index is 0.405. The van der Waals surface area contributed by atoms with E-state index in [4.69, 9.17) is 5.73 Å². The molecule has 4 nitrogen and oxygen atoms in total. The topological polar surface area (TPSA) is 68.9 Å². The van der Waals surface area contributed by atoms with Crippen LogP contribution in [0.3, 0.4) is 0 Å². The van der Waals surface area contributed by atoms with Gasteiger partial charge in [-0.15, -0.1) is 0 Å². The van der Waals surface area contributed by atoms with E-state index in [9.17, 15) is 4.79 Å². The molecule has 0 aliphatic heterocycles. The molecule has 0 saturated carbocycles. The van der Waals surface area contributed by atoms with Gasteiger partial charge in [-0.1, -0.05) is 12.1 Å². The van der Waals surface area contributed by atoms with Gasteiger partial charge in [-0.3, -0.25) is 14.8 Å². The number of carbonyl (C=O) groups is 1. The van der Waals surface area contributed by atoms with Crippen molar-refractivity contribution in [3.63, 3.8) is 0 Å². The summed E-state index contributed by atoms with van der Waals surface area (Å²) < 4.78 is 0. The Labute approximate surface area is 116 Å². The molecule has 0 spiro atoms. The van der Waals surface area contributed by atoms with Gasteiger partial charge >= 0.3 is 0 Å². The minimum Gasteiger partial charge on any atom is -0.366 e. The summed E-state index contributed by atoms with van der Waals surface area (Å²) in [5, 5.41) is 1.04. The first-order valence-corrected chi connectivity index (χ1v) is 6.26. The van der Waals surface area contributed by atoms with Crippen LogP contribution in [0.5, 0.6) is 0 Å². The van der Waals surface area contributed by atoms with Crippen LogP contribution in [0.1, 0.15) is 15.9 Å². The predicted molar refractivity (Wildman–Crippen MR) is 78.2 cm³/mol. The smallest absolute Gasteiger partial charge is 0.250 e. The van der Waals surface area contributed by atoms with Crippen molar-refractivity contribution < 1.29 is 4.79 Å². The Morgan fingerprint density at radius 3 is 2.85 bits per heavy atom. The maximum Gasteiger partial charge on any atom is 0.250 e.